The van der Waals surface area contributed by atoms with Gasteiger partial charge in [0.2, 0.25) is 0 Å². The SMILES string of the molecule is CCNC(Cc1c(Br)c(C)nn1C)C1CC1(C)C. The Bertz CT molecular complexity index is 436. The largest absolute Gasteiger partial charge is 0.314 e. The zero-order valence-corrected chi connectivity index (χ0v) is 13.6. The van der Waals surface area contributed by atoms with E-state index < -0.39 is 0 Å². The van der Waals surface area contributed by atoms with Crippen LogP contribution in [0.3, 0.4) is 0 Å². The van der Waals surface area contributed by atoms with Crippen LogP contribution in [0.5, 0.6) is 0 Å². The summed E-state index contributed by atoms with van der Waals surface area (Å²) in [5, 5.41) is 8.13. The maximum atomic E-state index is 4.48. The fourth-order valence-corrected chi connectivity index (χ4v) is 3.42. The maximum Gasteiger partial charge on any atom is 0.0738 e. The fourth-order valence-electron chi connectivity index (χ4n) is 2.92. The Hall–Kier alpha value is -0.350. The first-order valence-corrected chi connectivity index (χ1v) is 7.57. The minimum absolute atomic E-state index is 0.507. The van der Waals surface area contributed by atoms with E-state index in [-0.39, 0.29) is 0 Å². The highest BCUT2D eigenvalue weighted by Crippen LogP contribution is 2.54. The molecule has 1 saturated carbocycles. The predicted octanol–water partition coefficient (Wildman–Crippen LogP) is 3.06. The van der Waals surface area contributed by atoms with Gasteiger partial charge in [0.05, 0.1) is 15.9 Å². The number of likely N-dealkylation sites (N-methyl/N-ethyl adjacent to an activating group) is 1. The van der Waals surface area contributed by atoms with Crippen LogP contribution in [0.25, 0.3) is 0 Å². The molecule has 0 spiro atoms. The quantitative estimate of drug-likeness (QED) is 0.905. The zero-order chi connectivity index (χ0) is 13.5. The van der Waals surface area contributed by atoms with Gasteiger partial charge >= 0.3 is 0 Å². The molecule has 0 radical (unpaired) electrons. The molecule has 0 bridgehead atoms. The van der Waals surface area contributed by atoms with E-state index in [1.807, 2.05) is 11.7 Å². The molecular formula is C14H24BrN3. The van der Waals surface area contributed by atoms with Gasteiger partial charge in [0.15, 0.2) is 0 Å². The number of aryl methyl sites for hydroxylation is 2. The van der Waals surface area contributed by atoms with Crippen molar-refractivity contribution in [2.45, 2.75) is 46.6 Å². The highest BCUT2D eigenvalue weighted by Gasteiger charge is 2.49. The van der Waals surface area contributed by atoms with E-state index in [2.05, 4.69) is 54.0 Å². The Morgan fingerprint density at radius 2 is 2.17 bits per heavy atom. The highest BCUT2D eigenvalue weighted by molar-refractivity contribution is 9.10. The Kier molecular flexibility index (Phi) is 3.88. The lowest BCUT2D eigenvalue weighted by molar-refractivity contribution is 0.402. The van der Waals surface area contributed by atoms with Crippen molar-refractivity contribution in [2.75, 3.05) is 6.54 Å². The second kappa shape index (κ2) is 4.97. The molecule has 102 valence electrons. The fraction of sp³-hybridized carbons (Fsp3) is 0.786. The van der Waals surface area contributed by atoms with Gasteiger partial charge in [-0.1, -0.05) is 20.8 Å². The summed E-state index contributed by atoms with van der Waals surface area (Å²) in [6.45, 7) is 10.0. The van der Waals surface area contributed by atoms with Crippen LogP contribution in [0.2, 0.25) is 0 Å². The van der Waals surface area contributed by atoms with Gasteiger partial charge in [-0.15, -0.1) is 0 Å². The molecule has 2 rings (SSSR count). The van der Waals surface area contributed by atoms with Crippen LogP contribution < -0.4 is 5.32 Å². The number of aromatic nitrogens is 2. The van der Waals surface area contributed by atoms with E-state index in [9.17, 15) is 0 Å². The number of hydrogen-bond donors (Lipinski definition) is 1. The van der Waals surface area contributed by atoms with Gasteiger partial charge < -0.3 is 5.32 Å². The summed E-state index contributed by atoms with van der Waals surface area (Å²) in [4.78, 5) is 0. The number of nitrogens with one attached hydrogen (secondary N) is 1. The first-order valence-electron chi connectivity index (χ1n) is 6.78. The molecule has 0 amide bonds. The number of rotatable bonds is 5. The number of nitrogens with zero attached hydrogens (tertiary/aromatic N) is 2. The topological polar surface area (TPSA) is 29.9 Å². The van der Waals surface area contributed by atoms with Crippen LogP contribution >= 0.6 is 15.9 Å². The van der Waals surface area contributed by atoms with Gasteiger partial charge in [-0.2, -0.15) is 5.10 Å². The summed E-state index contributed by atoms with van der Waals surface area (Å²) in [7, 11) is 2.04. The van der Waals surface area contributed by atoms with Gasteiger partial charge in [-0.05, 0) is 47.2 Å². The van der Waals surface area contributed by atoms with Crippen LogP contribution in [0, 0.1) is 18.3 Å². The molecule has 0 aliphatic heterocycles. The average molecular weight is 314 g/mol. The standard InChI is InChI=1S/C14H24BrN3/c1-6-16-11(10-8-14(10,3)4)7-12-13(15)9(2)17-18(12)5/h10-11,16H,6-8H2,1-5H3. The Morgan fingerprint density at radius 3 is 2.56 bits per heavy atom. The summed E-state index contributed by atoms with van der Waals surface area (Å²) >= 11 is 3.67. The molecule has 1 fully saturated rings. The van der Waals surface area contributed by atoms with E-state index in [1.165, 1.54) is 16.6 Å². The van der Waals surface area contributed by atoms with Gasteiger partial charge in [0.25, 0.3) is 0 Å². The van der Waals surface area contributed by atoms with Crippen molar-refractivity contribution >= 4 is 15.9 Å². The van der Waals surface area contributed by atoms with Gasteiger partial charge in [0, 0.05) is 19.5 Å². The normalized spacial score (nSPS) is 23.1. The summed E-state index contributed by atoms with van der Waals surface area (Å²) in [6.07, 6.45) is 2.39. The van der Waals surface area contributed by atoms with Crippen LogP contribution in [0.4, 0.5) is 0 Å². The van der Waals surface area contributed by atoms with Crippen molar-refractivity contribution in [3.05, 3.63) is 15.9 Å². The number of hydrogen-bond acceptors (Lipinski definition) is 2. The lowest BCUT2D eigenvalue weighted by atomic mass is 9.99. The summed E-state index contributed by atoms with van der Waals surface area (Å²) in [5.41, 5.74) is 2.89. The Balaban J connectivity index is 2.14. The van der Waals surface area contributed by atoms with Crippen molar-refractivity contribution in [3.63, 3.8) is 0 Å². The van der Waals surface area contributed by atoms with Gasteiger partial charge in [0.1, 0.15) is 0 Å². The molecule has 1 aromatic heterocycles. The van der Waals surface area contributed by atoms with E-state index in [4.69, 9.17) is 0 Å². The van der Waals surface area contributed by atoms with Crippen molar-refractivity contribution in [1.29, 1.82) is 0 Å². The monoisotopic (exact) mass is 313 g/mol. The summed E-state index contributed by atoms with van der Waals surface area (Å²) in [6, 6.07) is 0.566. The van der Waals surface area contributed by atoms with Gasteiger partial charge in [-0.3, -0.25) is 4.68 Å². The molecule has 2 atom stereocenters. The molecule has 1 heterocycles. The molecule has 4 heteroatoms. The van der Waals surface area contributed by atoms with E-state index in [0.717, 1.165) is 24.6 Å². The smallest absolute Gasteiger partial charge is 0.0738 e. The molecule has 1 N–H and O–H groups in total. The van der Waals surface area contributed by atoms with Crippen LogP contribution in [-0.2, 0) is 13.5 Å². The minimum Gasteiger partial charge on any atom is -0.314 e. The number of halogens is 1. The molecule has 18 heavy (non-hydrogen) atoms. The van der Waals surface area contributed by atoms with Crippen LogP contribution in [0.15, 0.2) is 4.47 Å². The lowest BCUT2D eigenvalue weighted by Gasteiger charge is -2.20. The third-order valence-electron chi connectivity index (χ3n) is 4.22. The molecule has 3 nitrogen and oxygen atoms in total. The van der Waals surface area contributed by atoms with Crippen LogP contribution in [-0.4, -0.2) is 22.4 Å². The maximum absolute atomic E-state index is 4.48. The first-order chi connectivity index (χ1) is 8.36. The van der Waals surface area contributed by atoms with Gasteiger partial charge in [-0.25, -0.2) is 0 Å². The predicted molar refractivity (Wildman–Crippen MR) is 78.7 cm³/mol. The average Bonchev–Trinajstić information content (AvgIpc) is 2.84. The minimum atomic E-state index is 0.507. The van der Waals surface area contributed by atoms with Crippen molar-refractivity contribution in [3.8, 4) is 0 Å². The molecule has 1 aliphatic carbocycles. The van der Waals surface area contributed by atoms with Crippen molar-refractivity contribution in [1.82, 2.24) is 15.1 Å². The Labute approximate surface area is 118 Å². The molecule has 1 aromatic rings. The lowest BCUT2D eigenvalue weighted by Crippen LogP contribution is -2.35. The van der Waals surface area contributed by atoms with Crippen molar-refractivity contribution < 1.29 is 0 Å². The molecular weight excluding hydrogens is 290 g/mol. The third-order valence-corrected chi connectivity index (χ3v) is 5.25. The summed E-state index contributed by atoms with van der Waals surface area (Å²) in [5.74, 6) is 0.791. The molecule has 1 aliphatic rings. The third kappa shape index (κ3) is 2.64. The van der Waals surface area contributed by atoms with E-state index >= 15 is 0 Å². The van der Waals surface area contributed by atoms with E-state index in [1.54, 1.807) is 0 Å². The Morgan fingerprint density at radius 1 is 1.56 bits per heavy atom. The zero-order valence-electron chi connectivity index (χ0n) is 12.0. The molecule has 0 saturated heterocycles. The van der Waals surface area contributed by atoms with Crippen molar-refractivity contribution in [2.24, 2.45) is 18.4 Å². The summed E-state index contributed by atoms with van der Waals surface area (Å²) < 4.78 is 3.19. The van der Waals surface area contributed by atoms with Crippen LogP contribution in [0.1, 0.15) is 38.6 Å². The second-order valence-electron chi connectivity index (χ2n) is 6.14. The highest BCUT2D eigenvalue weighted by atomic mass is 79.9. The second-order valence-corrected chi connectivity index (χ2v) is 6.93. The molecule has 2 unspecified atom stereocenters. The molecule has 0 aromatic carbocycles. The first kappa shape index (κ1) is 14.1. The van der Waals surface area contributed by atoms with E-state index in [0.29, 0.717) is 11.5 Å².